The van der Waals surface area contributed by atoms with Gasteiger partial charge in [-0.05, 0) is 31.4 Å². The summed E-state index contributed by atoms with van der Waals surface area (Å²) in [4.78, 5) is 5.95. The molecule has 0 bridgehead atoms. The monoisotopic (exact) mass is 352 g/mol. The fraction of sp³-hybridized carbons (Fsp3) is 0.611. The minimum Gasteiger partial charge on any atom is -0.393 e. The van der Waals surface area contributed by atoms with Crippen LogP contribution in [-0.4, -0.2) is 49.9 Å². The molecule has 3 rings (SSSR count). The molecule has 5 nitrogen and oxygen atoms in total. The lowest BCUT2D eigenvalue weighted by Gasteiger charge is -2.22. The lowest BCUT2D eigenvalue weighted by molar-refractivity contribution is 0.134. The smallest absolute Gasteiger partial charge is 0.191 e. The average Bonchev–Trinajstić information content (AvgIpc) is 3.20. The van der Waals surface area contributed by atoms with E-state index in [2.05, 4.69) is 15.6 Å². The Morgan fingerprint density at radius 1 is 1.28 bits per heavy atom. The molecular formula is C18H26F2N4O. The van der Waals surface area contributed by atoms with E-state index in [1.807, 2.05) is 0 Å². The Morgan fingerprint density at radius 3 is 2.68 bits per heavy atom. The lowest BCUT2D eigenvalue weighted by Crippen LogP contribution is -2.46. The predicted molar refractivity (Wildman–Crippen MR) is 94.8 cm³/mol. The van der Waals surface area contributed by atoms with E-state index < -0.39 is 11.6 Å². The number of rotatable bonds is 4. The van der Waals surface area contributed by atoms with E-state index in [4.69, 9.17) is 0 Å². The van der Waals surface area contributed by atoms with E-state index in [1.54, 1.807) is 11.9 Å². The maximum absolute atomic E-state index is 13.9. The molecule has 0 radical (unpaired) electrons. The Labute approximate surface area is 147 Å². The summed E-state index contributed by atoms with van der Waals surface area (Å²) in [5.74, 6) is -0.136. The van der Waals surface area contributed by atoms with Crippen LogP contribution in [0.25, 0.3) is 0 Å². The highest BCUT2D eigenvalue weighted by Crippen LogP contribution is 2.27. The number of aliphatic imine (C=N–C) groups is 1. The Morgan fingerprint density at radius 2 is 2.04 bits per heavy atom. The number of hydrogen-bond donors (Lipinski definition) is 3. The van der Waals surface area contributed by atoms with Crippen molar-refractivity contribution in [1.29, 1.82) is 0 Å². The first kappa shape index (κ1) is 17.9. The summed E-state index contributed by atoms with van der Waals surface area (Å²) >= 11 is 0. The Balaban J connectivity index is 1.53. The Bertz CT molecular complexity index is 605. The minimum absolute atomic E-state index is 0.0452. The van der Waals surface area contributed by atoms with Gasteiger partial charge in [-0.15, -0.1) is 0 Å². The van der Waals surface area contributed by atoms with Crippen molar-refractivity contribution >= 4 is 11.6 Å². The summed E-state index contributed by atoms with van der Waals surface area (Å²) in [7, 11) is 1.70. The normalized spacial score (nSPS) is 27.0. The van der Waals surface area contributed by atoms with Crippen molar-refractivity contribution in [2.45, 2.75) is 37.8 Å². The molecular weight excluding hydrogens is 326 g/mol. The predicted octanol–water partition coefficient (Wildman–Crippen LogP) is 1.87. The topological polar surface area (TPSA) is 59.9 Å². The molecule has 1 aliphatic carbocycles. The number of para-hydroxylation sites is 1. The van der Waals surface area contributed by atoms with Crippen molar-refractivity contribution in [2.24, 2.45) is 10.9 Å². The summed E-state index contributed by atoms with van der Waals surface area (Å²) in [5.41, 5.74) is 0.0452. The third-order valence-electron chi connectivity index (χ3n) is 5.16. The fourth-order valence-electron chi connectivity index (χ4n) is 3.74. The number of nitrogens with one attached hydrogen (secondary N) is 2. The van der Waals surface area contributed by atoms with Gasteiger partial charge in [0.25, 0.3) is 0 Å². The van der Waals surface area contributed by atoms with Crippen molar-refractivity contribution in [1.82, 2.24) is 10.6 Å². The van der Waals surface area contributed by atoms with Gasteiger partial charge < -0.3 is 20.6 Å². The van der Waals surface area contributed by atoms with Gasteiger partial charge in [0.15, 0.2) is 5.96 Å². The molecule has 2 fully saturated rings. The zero-order valence-electron chi connectivity index (χ0n) is 14.5. The molecule has 0 spiro atoms. The van der Waals surface area contributed by atoms with Crippen LogP contribution in [0.2, 0.25) is 0 Å². The Hall–Kier alpha value is -1.89. The van der Waals surface area contributed by atoms with Crippen molar-refractivity contribution in [3.63, 3.8) is 0 Å². The number of guanidine groups is 1. The summed E-state index contributed by atoms with van der Waals surface area (Å²) in [6.45, 7) is 1.79. The van der Waals surface area contributed by atoms with Crippen molar-refractivity contribution in [3.8, 4) is 0 Å². The molecule has 3 unspecified atom stereocenters. The number of anilines is 1. The molecule has 1 saturated heterocycles. The molecule has 0 amide bonds. The lowest BCUT2D eigenvalue weighted by atomic mass is 10.1. The van der Waals surface area contributed by atoms with Crippen LogP contribution >= 0.6 is 0 Å². The average molecular weight is 352 g/mol. The van der Waals surface area contributed by atoms with E-state index >= 15 is 0 Å². The summed E-state index contributed by atoms with van der Waals surface area (Å²) in [5, 5.41) is 16.5. The molecule has 1 aromatic carbocycles. The Kier molecular flexibility index (Phi) is 5.73. The van der Waals surface area contributed by atoms with Gasteiger partial charge in [0.05, 0.1) is 6.10 Å². The van der Waals surface area contributed by atoms with Gasteiger partial charge in [0.1, 0.15) is 17.3 Å². The zero-order chi connectivity index (χ0) is 17.8. The SMILES string of the molecule is CN=C(NCC1CCCC1O)NC1CCN(c2c(F)cccc2F)C1. The van der Waals surface area contributed by atoms with E-state index in [9.17, 15) is 13.9 Å². The van der Waals surface area contributed by atoms with E-state index in [0.29, 0.717) is 25.6 Å². The third kappa shape index (κ3) is 4.21. The molecule has 7 heteroatoms. The van der Waals surface area contributed by atoms with Crippen LogP contribution in [0, 0.1) is 17.6 Å². The highest BCUT2D eigenvalue weighted by molar-refractivity contribution is 5.80. The largest absolute Gasteiger partial charge is 0.393 e. The highest BCUT2D eigenvalue weighted by Gasteiger charge is 2.28. The number of benzene rings is 1. The molecule has 25 heavy (non-hydrogen) atoms. The van der Waals surface area contributed by atoms with Crippen LogP contribution in [-0.2, 0) is 0 Å². The molecule has 3 atom stereocenters. The summed E-state index contributed by atoms with van der Waals surface area (Å²) in [6, 6.07) is 4.01. The molecule has 2 aliphatic rings. The van der Waals surface area contributed by atoms with Gasteiger partial charge in [-0.1, -0.05) is 12.5 Å². The maximum Gasteiger partial charge on any atom is 0.191 e. The summed E-state index contributed by atoms with van der Waals surface area (Å²) in [6.07, 6.45) is 3.49. The second-order valence-corrected chi connectivity index (χ2v) is 6.86. The van der Waals surface area contributed by atoms with Gasteiger partial charge in [0, 0.05) is 38.6 Å². The molecule has 1 aliphatic heterocycles. The van der Waals surface area contributed by atoms with Gasteiger partial charge in [-0.2, -0.15) is 0 Å². The molecule has 1 saturated carbocycles. The molecule has 1 heterocycles. The van der Waals surface area contributed by atoms with Crippen molar-refractivity contribution in [2.75, 3.05) is 31.6 Å². The van der Waals surface area contributed by atoms with Gasteiger partial charge in [-0.3, -0.25) is 4.99 Å². The van der Waals surface area contributed by atoms with Gasteiger partial charge in [-0.25, -0.2) is 8.78 Å². The number of aliphatic hydroxyl groups excluding tert-OH is 1. The first-order valence-electron chi connectivity index (χ1n) is 8.92. The molecule has 1 aromatic rings. The van der Waals surface area contributed by atoms with Crippen LogP contribution in [0.15, 0.2) is 23.2 Å². The molecule has 138 valence electrons. The van der Waals surface area contributed by atoms with E-state index in [1.165, 1.54) is 18.2 Å². The number of aliphatic hydroxyl groups is 1. The van der Waals surface area contributed by atoms with Crippen LogP contribution in [0.4, 0.5) is 14.5 Å². The van der Waals surface area contributed by atoms with E-state index in [-0.39, 0.29) is 23.8 Å². The minimum atomic E-state index is -0.529. The van der Waals surface area contributed by atoms with Crippen molar-refractivity contribution < 1.29 is 13.9 Å². The fourth-order valence-corrected chi connectivity index (χ4v) is 3.74. The third-order valence-corrected chi connectivity index (χ3v) is 5.16. The van der Waals surface area contributed by atoms with Crippen molar-refractivity contribution in [3.05, 3.63) is 29.8 Å². The second kappa shape index (κ2) is 7.99. The number of halogens is 2. The van der Waals surface area contributed by atoms with Crippen LogP contribution in [0.3, 0.4) is 0 Å². The molecule has 0 aromatic heterocycles. The maximum atomic E-state index is 13.9. The summed E-state index contributed by atoms with van der Waals surface area (Å²) < 4.78 is 27.9. The zero-order valence-corrected chi connectivity index (χ0v) is 14.5. The quantitative estimate of drug-likeness (QED) is 0.572. The van der Waals surface area contributed by atoms with Crippen LogP contribution in [0.5, 0.6) is 0 Å². The standard InChI is InChI=1S/C18H26F2N4O/c1-21-18(22-10-12-4-2-7-16(12)25)23-13-8-9-24(11-13)17-14(19)5-3-6-15(17)20/h3,5-6,12-13,16,25H,2,4,7-11H2,1H3,(H2,21,22,23). The highest BCUT2D eigenvalue weighted by atomic mass is 19.1. The van der Waals surface area contributed by atoms with Crippen LogP contribution < -0.4 is 15.5 Å². The molecule has 3 N–H and O–H groups in total. The van der Waals surface area contributed by atoms with Gasteiger partial charge in [0.2, 0.25) is 0 Å². The van der Waals surface area contributed by atoms with E-state index in [0.717, 1.165) is 25.7 Å². The first-order chi connectivity index (χ1) is 12.1. The number of hydrogen-bond acceptors (Lipinski definition) is 3. The first-order valence-corrected chi connectivity index (χ1v) is 8.92. The second-order valence-electron chi connectivity index (χ2n) is 6.86. The number of nitrogens with zero attached hydrogens (tertiary/aromatic N) is 2. The van der Waals surface area contributed by atoms with Gasteiger partial charge >= 0.3 is 0 Å². The van der Waals surface area contributed by atoms with Crippen LogP contribution in [0.1, 0.15) is 25.7 Å².